The van der Waals surface area contributed by atoms with E-state index in [1.165, 1.54) is 10.6 Å². The molecule has 1 fully saturated rings. The second-order valence-electron chi connectivity index (χ2n) is 16.3. The van der Waals surface area contributed by atoms with Gasteiger partial charge < -0.3 is 39.1 Å². The van der Waals surface area contributed by atoms with Crippen LogP contribution in [0.4, 0.5) is 0 Å². The molecule has 1 aliphatic carbocycles. The second kappa shape index (κ2) is 28.6. The number of rotatable bonds is 22. The summed E-state index contributed by atoms with van der Waals surface area (Å²) in [7, 11) is 1.01. The van der Waals surface area contributed by atoms with Crippen LogP contribution in [0.25, 0.3) is 0 Å². The van der Waals surface area contributed by atoms with Gasteiger partial charge in [0.2, 0.25) is 0 Å². The minimum Gasteiger partial charge on any atom is -0.382 e. The second-order valence-corrected chi connectivity index (χ2v) is 20.6. The number of amides is 2. The van der Waals surface area contributed by atoms with Crippen LogP contribution in [0.15, 0.2) is 158 Å². The van der Waals surface area contributed by atoms with Gasteiger partial charge in [-0.1, -0.05) is 158 Å². The number of carbonyl (C=O) groups is 2. The summed E-state index contributed by atoms with van der Waals surface area (Å²) in [5, 5.41) is 13.2. The fourth-order valence-corrected chi connectivity index (χ4v) is 12.9. The highest BCUT2D eigenvalue weighted by Gasteiger charge is 2.31. The van der Waals surface area contributed by atoms with E-state index in [0.717, 1.165) is 58.0 Å². The van der Waals surface area contributed by atoms with Crippen LogP contribution in [-0.4, -0.2) is 91.3 Å². The fraction of sp³-hybridized carbons (Fsp3) is 0.276. The van der Waals surface area contributed by atoms with Gasteiger partial charge in [-0.2, -0.15) is 0 Å². The Kier molecular flexibility index (Phi) is 21.2. The molecule has 6 aromatic carbocycles. The Morgan fingerprint density at radius 1 is 0.471 bits per heavy atom. The predicted molar refractivity (Wildman–Crippen MR) is 282 cm³/mol. The Labute approximate surface area is 415 Å². The van der Waals surface area contributed by atoms with Gasteiger partial charge in [0.05, 0.1) is 26.4 Å². The van der Waals surface area contributed by atoms with Crippen molar-refractivity contribution in [2.75, 3.05) is 67.4 Å². The summed E-state index contributed by atoms with van der Waals surface area (Å²) in [5.74, 6) is 12.2. The zero-order chi connectivity index (χ0) is 48.6. The van der Waals surface area contributed by atoms with Gasteiger partial charge >= 0.3 is 0 Å². The van der Waals surface area contributed by atoms with Gasteiger partial charge in [0, 0.05) is 48.6 Å². The molecule has 10 nitrogen and oxygen atoms in total. The van der Waals surface area contributed by atoms with Gasteiger partial charge in [-0.05, 0) is 96.9 Å². The van der Waals surface area contributed by atoms with Crippen molar-refractivity contribution >= 4 is 59.5 Å². The largest absolute Gasteiger partial charge is 0.382 e. The predicted octanol–water partition coefficient (Wildman–Crippen LogP) is 6.65. The molecule has 6 aromatic rings. The first kappa shape index (κ1) is 51.8. The van der Waals surface area contributed by atoms with Gasteiger partial charge in [0.15, 0.2) is 0 Å². The average molecular weight is 975 g/mol. The maximum Gasteiger partial charge on any atom is 0.252 e. The lowest BCUT2D eigenvalue weighted by atomic mass is 9.89. The van der Waals surface area contributed by atoms with Crippen molar-refractivity contribution in [2.45, 2.75) is 37.8 Å². The Bertz CT molecular complexity index is 2570. The Morgan fingerprint density at radius 3 is 1.24 bits per heavy atom. The van der Waals surface area contributed by atoms with Crippen molar-refractivity contribution in [3.05, 3.63) is 180 Å². The lowest BCUT2D eigenvalue weighted by Gasteiger charge is -2.33. The molecular formula is C58H60N2O8P2. The van der Waals surface area contributed by atoms with E-state index in [9.17, 15) is 9.59 Å². The van der Waals surface area contributed by atoms with Gasteiger partial charge in [-0.25, -0.2) is 0 Å². The maximum absolute atomic E-state index is 14.8. The Hall–Kier alpha value is -6.00. The first-order valence-electron chi connectivity index (χ1n) is 23.5. The number of carbonyl (C=O) groups excluding carboxylic acids is 2. The minimum atomic E-state index is -1.23. The van der Waals surface area contributed by atoms with Gasteiger partial charge in [-0.15, -0.1) is 0 Å². The highest BCUT2D eigenvalue weighted by molar-refractivity contribution is 7.80. The average Bonchev–Trinajstić information content (AvgIpc) is 3.40. The molecule has 12 heteroatoms. The monoisotopic (exact) mass is 974 g/mol. The van der Waals surface area contributed by atoms with E-state index in [0.29, 0.717) is 37.6 Å². The summed E-state index contributed by atoms with van der Waals surface area (Å²) < 4.78 is 31.7. The first-order valence-corrected chi connectivity index (χ1v) is 26.2. The van der Waals surface area contributed by atoms with Gasteiger partial charge in [0.25, 0.3) is 11.8 Å². The molecule has 2 amide bonds. The molecule has 0 spiro atoms. The lowest BCUT2D eigenvalue weighted by Crippen LogP contribution is -2.54. The number of methoxy groups -OCH3 is 2. The third-order valence-corrected chi connectivity index (χ3v) is 16.5. The SMILES string of the molecule is COCCOCOCC#Cc1ccc(P(c2ccc(C#CCOCOCCOC)cc2)c2ccccc2C(=O)N[C@@H]2CCCC[C@H]2NC(=O)c2ccccc2P(c2ccccc2)c2ccccc2)cc1. The van der Waals surface area contributed by atoms with Crippen LogP contribution in [-0.2, 0) is 28.4 Å². The standard InChI is InChI=1S/C58H60N2O8P2/c1-63-39-41-67-43-65-37-15-17-45-29-33-49(34-30-45)70(50-35-31-46(32-36-50)18-16-38-66-44-68-42-40-64-2)56-28-14-10-24-52(56)58(62)60-54-26-12-11-25-53(54)59-57(61)51-23-9-13-27-55(51)69(47-19-5-3-6-20-47)48-21-7-4-8-22-48/h3-10,13-14,19-24,27-36,53-54H,11-12,25-26,37-44H2,1-2H3,(H,59,61)(H,60,62)/t53-,54-/m1/s1. The normalized spacial score (nSPS) is 14.3. The van der Waals surface area contributed by atoms with Crippen molar-refractivity contribution in [1.29, 1.82) is 0 Å². The Balaban J connectivity index is 1.11. The number of hydrogen-bond acceptors (Lipinski definition) is 8. The third kappa shape index (κ3) is 15.2. The molecule has 1 aliphatic rings. The van der Waals surface area contributed by atoms with Gasteiger partial charge in [0.1, 0.15) is 26.8 Å². The quantitative estimate of drug-likeness (QED) is 0.0337. The number of benzene rings is 6. The first-order chi connectivity index (χ1) is 34.5. The minimum absolute atomic E-state index is 0.134. The molecule has 0 heterocycles. The summed E-state index contributed by atoms with van der Waals surface area (Å²) in [5.41, 5.74) is 2.93. The van der Waals surface area contributed by atoms with E-state index in [-0.39, 0.29) is 50.7 Å². The van der Waals surface area contributed by atoms with E-state index in [4.69, 9.17) is 28.4 Å². The smallest absolute Gasteiger partial charge is 0.252 e. The van der Waals surface area contributed by atoms with Crippen molar-refractivity contribution in [2.24, 2.45) is 0 Å². The van der Waals surface area contributed by atoms with Crippen LogP contribution in [0.2, 0.25) is 0 Å². The van der Waals surface area contributed by atoms with Crippen molar-refractivity contribution in [3.8, 4) is 23.7 Å². The summed E-state index contributed by atoms with van der Waals surface area (Å²) >= 11 is 0. The van der Waals surface area contributed by atoms with E-state index in [1.807, 2.05) is 72.8 Å². The molecular weight excluding hydrogens is 915 g/mol. The van der Waals surface area contributed by atoms with E-state index in [1.54, 1.807) is 14.2 Å². The molecule has 70 heavy (non-hydrogen) atoms. The number of ether oxygens (including phenoxy) is 6. The lowest BCUT2D eigenvalue weighted by molar-refractivity contribution is -0.0557. The highest BCUT2D eigenvalue weighted by Crippen LogP contribution is 2.36. The molecule has 1 saturated carbocycles. The molecule has 0 radical (unpaired) electrons. The Morgan fingerprint density at radius 2 is 0.843 bits per heavy atom. The molecule has 0 aliphatic heterocycles. The zero-order valence-corrected chi connectivity index (χ0v) is 41.6. The van der Waals surface area contributed by atoms with Crippen LogP contribution in [0.5, 0.6) is 0 Å². The van der Waals surface area contributed by atoms with Gasteiger partial charge in [-0.3, -0.25) is 9.59 Å². The molecule has 2 N–H and O–H groups in total. The molecule has 7 rings (SSSR count). The molecule has 360 valence electrons. The number of nitrogens with one attached hydrogen (secondary N) is 2. The highest BCUT2D eigenvalue weighted by atomic mass is 31.1. The van der Waals surface area contributed by atoms with Crippen molar-refractivity contribution in [3.63, 3.8) is 0 Å². The zero-order valence-electron chi connectivity index (χ0n) is 39.8. The topological polar surface area (TPSA) is 114 Å². The molecule has 0 unspecified atom stereocenters. The molecule has 2 atom stereocenters. The van der Waals surface area contributed by atoms with E-state index in [2.05, 4.69) is 119 Å². The maximum atomic E-state index is 14.8. The van der Waals surface area contributed by atoms with Crippen LogP contribution >= 0.6 is 15.8 Å². The third-order valence-electron chi connectivity index (χ3n) is 11.5. The van der Waals surface area contributed by atoms with Crippen molar-refractivity contribution in [1.82, 2.24) is 10.6 Å². The van der Waals surface area contributed by atoms with E-state index >= 15 is 0 Å². The van der Waals surface area contributed by atoms with E-state index < -0.39 is 15.8 Å². The summed E-state index contributed by atoms with van der Waals surface area (Å²) in [6.07, 6.45) is 3.41. The summed E-state index contributed by atoms with van der Waals surface area (Å²) in [4.78, 5) is 29.3. The van der Waals surface area contributed by atoms with Crippen LogP contribution in [0.1, 0.15) is 57.5 Å². The van der Waals surface area contributed by atoms with Crippen LogP contribution in [0.3, 0.4) is 0 Å². The summed E-state index contributed by atoms with van der Waals surface area (Å²) in [6.45, 7) is 2.67. The van der Waals surface area contributed by atoms with Crippen molar-refractivity contribution < 1.29 is 38.0 Å². The van der Waals surface area contributed by atoms with Crippen LogP contribution < -0.4 is 42.5 Å². The number of hydrogen-bond donors (Lipinski definition) is 2. The molecule has 0 saturated heterocycles. The molecule has 0 bridgehead atoms. The molecule has 0 aromatic heterocycles. The van der Waals surface area contributed by atoms with Crippen LogP contribution in [0, 0.1) is 23.7 Å². The fourth-order valence-electron chi connectivity index (χ4n) is 8.07. The summed E-state index contributed by atoms with van der Waals surface area (Å²) in [6, 6.07) is 52.4.